The van der Waals surface area contributed by atoms with Crippen molar-refractivity contribution in [3.63, 3.8) is 0 Å². The fraction of sp³-hybridized carbons (Fsp3) is 0.182. The summed E-state index contributed by atoms with van der Waals surface area (Å²) in [4.78, 5) is 53.3. The van der Waals surface area contributed by atoms with E-state index in [1.54, 1.807) is 0 Å². The summed E-state index contributed by atoms with van der Waals surface area (Å²) < 4.78 is 0. The molecule has 31 heavy (non-hydrogen) atoms. The molecule has 2 aliphatic heterocycles. The topological polar surface area (TPSA) is 108 Å². The van der Waals surface area contributed by atoms with Crippen LogP contribution < -0.4 is 4.87 Å². The van der Waals surface area contributed by atoms with E-state index in [-0.39, 0.29) is 4.87 Å². The number of nitrogens with zero attached hydrogens (tertiary/aromatic N) is 1. The lowest BCUT2D eigenvalue weighted by Gasteiger charge is -2.30. The van der Waals surface area contributed by atoms with Crippen LogP contribution in [0.4, 0.5) is 0 Å². The maximum absolute atomic E-state index is 13.1. The first kappa shape index (κ1) is 19.8. The lowest BCUT2D eigenvalue weighted by atomic mass is 9.82. The highest BCUT2D eigenvalue weighted by Crippen LogP contribution is 2.52. The molecule has 5 rings (SSSR count). The van der Waals surface area contributed by atoms with Crippen molar-refractivity contribution < 1.29 is 19.5 Å². The van der Waals surface area contributed by atoms with Crippen LogP contribution in [0.5, 0.6) is 0 Å². The zero-order valence-corrected chi connectivity index (χ0v) is 17.6. The summed E-state index contributed by atoms with van der Waals surface area (Å²) in [5.41, 5.74) is 2.87. The highest BCUT2D eigenvalue weighted by molar-refractivity contribution is 8.00. The highest BCUT2D eigenvalue weighted by Gasteiger charge is 2.56. The third kappa shape index (κ3) is 3.30. The Hall–Kier alpha value is -3.17. The van der Waals surface area contributed by atoms with E-state index in [1.165, 1.54) is 0 Å². The Morgan fingerprint density at radius 1 is 0.968 bits per heavy atom. The number of likely N-dealkylation sites (tertiary alicyclic amines) is 1. The zero-order valence-electron chi connectivity index (χ0n) is 16.0. The van der Waals surface area contributed by atoms with Gasteiger partial charge < -0.3 is 10.1 Å². The van der Waals surface area contributed by atoms with Crippen molar-refractivity contribution in [3.8, 4) is 11.1 Å². The van der Waals surface area contributed by atoms with Crippen molar-refractivity contribution >= 4 is 40.9 Å². The van der Waals surface area contributed by atoms with E-state index in [0.29, 0.717) is 9.90 Å². The van der Waals surface area contributed by atoms with Crippen LogP contribution in [-0.4, -0.2) is 44.6 Å². The minimum absolute atomic E-state index is 0.245. The molecule has 1 fully saturated rings. The monoisotopic (exact) mass is 452 g/mol. The molecule has 2 amide bonds. The molecule has 7 nitrogen and oxygen atoms in total. The molecule has 156 valence electrons. The van der Waals surface area contributed by atoms with Gasteiger partial charge in [0.25, 0.3) is 0 Å². The molecule has 2 aromatic carbocycles. The first-order chi connectivity index (χ1) is 14.9. The molecule has 0 radical (unpaired) electrons. The fourth-order valence-electron chi connectivity index (χ4n) is 4.24. The number of thiazole rings is 1. The molecular formula is C22H16N2O5S2. The molecule has 1 aromatic heterocycles. The van der Waals surface area contributed by atoms with E-state index in [4.69, 9.17) is 5.11 Å². The molecule has 1 saturated heterocycles. The van der Waals surface area contributed by atoms with Gasteiger partial charge in [0.05, 0.1) is 10.9 Å². The van der Waals surface area contributed by atoms with Gasteiger partial charge in [-0.1, -0.05) is 77.7 Å². The first-order valence-corrected chi connectivity index (χ1v) is 11.3. The minimum atomic E-state index is -1.24. The van der Waals surface area contributed by atoms with Crippen LogP contribution in [0.15, 0.2) is 64.4 Å². The molecule has 0 spiro atoms. The van der Waals surface area contributed by atoms with Gasteiger partial charge in [-0.15, -0.1) is 0 Å². The summed E-state index contributed by atoms with van der Waals surface area (Å²) in [5, 5.41) is 8.95. The van der Waals surface area contributed by atoms with Gasteiger partial charge in [-0.25, -0.2) is 0 Å². The van der Waals surface area contributed by atoms with E-state index in [2.05, 4.69) is 4.98 Å². The molecule has 3 atom stereocenters. The van der Waals surface area contributed by atoms with Gasteiger partial charge in [-0.2, -0.15) is 0 Å². The van der Waals surface area contributed by atoms with Gasteiger partial charge in [0.15, 0.2) is 0 Å². The number of aromatic nitrogens is 1. The quantitative estimate of drug-likeness (QED) is 0.590. The van der Waals surface area contributed by atoms with E-state index < -0.39 is 41.4 Å². The second-order valence-electron chi connectivity index (χ2n) is 7.39. The number of carboxylic acid groups (broad SMARTS) is 1. The molecule has 0 saturated carbocycles. The summed E-state index contributed by atoms with van der Waals surface area (Å²) in [6.07, 6.45) is 0. The predicted molar refractivity (Wildman–Crippen MR) is 116 cm³/mol. The van der Waals surface area contributed by atoms with Gasteiger partial charge in [-0.05, 0) is 16.7 Å². The Balaban J connectivity index is 1.58. The van der Waals surface area contributed by atoms with Crippen LogP contribution >= 0.6 is 23.1 Å². The standard InChI is InChI=1S/C22H16N2O5S2/c25-14(26)10-24-20(27)16-15(17-19(23-22(29)31-17)30-18(16)21(24)28)13-8-6-12(7-9-13)11-4-2-1-3-5-11/h1-9,15-16,18H,10H2,(H,23,29)(H,25,26)/t15-,16?,18?/m1/s1. The van der Waals surface area contributed by atoms with E-state index in [0.717, 1.165) is 44.7 Å². The predicted octanol–water partition coefficient (Wildman–Crippen LogP) is 2.78. The summed E-state index contributed by atoms with van der Waals surface area (Å²) in [5.74, 6) is -3.51. The number of imide groups is 1. The number of aromatic amines is 1. The number of hydrogen-bond donors (Lipinski definition) is 2. The van der Waals surface area contributed by atoms with Crippen molar-refractivity contribution in [1.82, 2.24) is 9.88 Å². The Labute approximate surface area is 184 Å². The summed E-state index contributed by atoms with van der Waals surface area (Å²) >= 11 is 2.17. The Morgan fingerprint density at radius 3 is 2.32 bits per heavy atom. The van der Waals surface area contributed by atoms with Gasteiger partial charge in [0, 0.05) is 10.8 Å². The third-order valence-corrected chi connectivity index (χ3v) is 7.99. The van der Waals surface area contributed by atoms with E-state index in [9.17, 15) is 19.2 Å². The van der Waals surface area contributed by atoms with Crippen LogP contribution in [0.25, 0.3) is 11.1 Å². The highest BCUT2D eigenvalue weighted by atomic mass is 32.2. The fourth-order valence-corrected chi connectivity index (χ4v) is 6.78. The number of nitrogens with one attached hydrogen (secondary N) is 1. The average Bonchev–Trinajstić information content (AvgIpc) is 3.25. The number of benzene rings is 2. The van der Waals surface area contributed by atoms with Crippen LogP contribution in [-0.2, 0) is 14.4 Å². The number of carbonyl (C=O) groups excluding carboxylic acids is 2. The number of rotatable bonds is 4. The van der Waals surface area contributed by atoms with Crippen molar-refractivity contribution in [2.24, 2.45) is 5.92 Å². The van der Waals surface area contributed by atoms with Crippen LogP contribution in [0.1, 0.15) is 16.4 Å². The Bertz CT molecular complexity index is 1250. The SMILES string of the molecule is O=C(O)CN1C(=O)C2Sc3[nH]c(=O)sc3[C@H](c3ccc(-c4ccccc4)cc3)C2C1=O. The smallest absolute Gasteiger partial charge is 0.323 e. The summed E-state index contributed by atoms with van der Waals surface area (Å²) in [7, 11) is 0. The zero-order chi connectivity index (χ0) is 21.7. The minimum Gasteiger partial charge on any atom is -0.480 e. The van der Waals surface area contributed by atoms with Gasteiger partial charge in [0.1, 0.15) is 11.8 Å². The van der Waals surface area contributed by atoms with Gasteiger partial charge in [-0.3, -0.25) is 24.1 Å². The molecular weight excluding hydrogens is 436 g/mol. The molecule has 2 N–H and O–H groups in total. The lowest BCUT2D eigenvalue weighted by Crippen LogP contribution is -2.36. The van der Waals surface area contributed by atoms with Crippen LogP contribution in [0.2, 0.25) is 0 Å². The molecule has 2 unspecified atom stereocenters. The second kappa shape index (κ2) is 7.51. The third-order valence-electron chi connectivity index (χ3n) is 5.59. The molecule has 3 heterocycles. The van der Waals surface area contributed by atoms with Gasteiger partial charge in [0.2, 0.25) is 11.8 Å². The number of carbonyl (C=O) groups is 3. The Kier molecular flexibility index (Phi) is 4.79. The van der Waals surface area contributed by atoms with E-state index >= 15 is 0 Å². The maximum atomic E-state index is 13.1. The number of hydrogen-bond acceptors (Lipinski definition) is 6. The van der Waals surface area contributed by atoms with Gasteiger partial charge >= 0.3 is 10.8 Å². The number of aliphatic carboxylic acids is 1. The summed E-state index contributed by atoms with van der Waals surface area (Å²) in [6.45, 7) is -0.658. The number of carboxylic acids is 1. The number of H-pyrrole nitrogens is 1. The second-order valence-corrected chi connectivity index (χ2v) is 9.56. The average molecular weight is 453 g/mol. The van der Waals surface area contributed by atoms with Crippen molar-refractivity contribution in [2.75, 3.05) is 6.54 Å². The van der Waals surface area contributed by atoms with E-state index in [1.807, 2.05) is 54.6 Å². The molecule has 2 aliphatic rings. The molecule has 3 aromatic rings. The number of thioether (sulfide) groups is 1. The van der Waals surface area contributed by atoms with Crippen molar-refractivity contribution in [3.05, 3.63) is 74.7 Å². The molecule has 9 heteroatoms. The lowest BCUT2D eigenvalue weighted by molar-refractivity contribution is -0.149. The number of fused-ring (bicyclic) bond motifs is 2. The molecule has 0 aliphatic carbocycles. The normalized spacial score (nSPS) is 22.3. The summed E-state index contributed by atoms with van der Waals surface area (Å²) in [6, 6.07) is 17.6. The van der Waals surface area contributed by atoms with Crippen LogP contribution in [0, 0.1) is 5.92 Å². The van der Waals surface area contributed by atoms with Crippen LogP contribution in [0.3, 0.4) is 0 Å². The largest absolute Gasteiger partial charge is 0.480 e. The Morgan fingerprint density at radius 2 is 1.65 bits per heavy atom. The maximum Gasteiger partial charge on any atom is 0.323 e. The molecule has 0 bridgehead atoms. The van der Waals surface area contributed by atoms with Crippen molar-refractivity contribution in [2.45, 2.75) is 16.2 Å². The first-order valence-electron chi connectivity index (χ1n) is 9.56. The van der Waals surface area contributed by atoms with Crippen molar-refractivity contribution in [1.29, 1.82) is 0 Å². The number of amides is 2.